The number of benzene rings is 1. The van der Waals surface area contributed by atoms with Crippen LogP contribution in [0.4, 0.5) is 0 Å². The normalized spacial score (nSPS) is 18.1. The highest BCUT2D eigenvalue weighted by Gasteiger charge is 2.34. The van der Waals surface area contributed by atoms with Crippen LogP contribution < -0.4 is 4.74 Å². The molecule has 1 atom stereocenters. The van der Waals surface area contributed by atoms with Crippen molar-refractivity contribution >= 4 is 23.2 Å². The Kier molecular flexibility index (Phi) is 6.14. The standard InChI is InChI=1S/C24H30N2O3S/c1-16-4-7-22(17(2)12-16)29-15-21-20-9-11-30-23(20)8-10-26(21)24(28)14-25(18(3)27)13-19-5-6-19/h4,7,9,11-12,19,21H,5-6,8,10,13-15H2,1-3H3. The van der Waals surface area contributed by atoms with Crippen molar-refractivity contribution in [3.8, 4) is 5.75 Å². The Morgan fingerprint density at radius 2 is 2.03 bits per heavy atom. The second kappa shape index (κ2) is 8.80. The second-order valence-corrected chi connectivity index (χ2v) is 9.58. The van der Waals surface area contributed by atoms with Crippen LogP contribution in [0.3, 0.4) is 0 Å². The molecule has 2 aromatic rings. The summed E-state index contributed by atoms with van der Waals surface area (Å²) in [5.74, 6) is 1.41. The van der Waals surface area contributed by atoms with Gasteiger partial charge in [-0.1, -0.05) is 17.7 Å². The predicted octanol–water partition coefficient (Wildman–Crippen LogP) is 4.13. The Morgan fingerprint density at radius 3 is 2.73 bits per heavy atom. The molecule has 1 fully saturated rings. The van der Waals surface area contributed by atoms with Crippen LogP contribution in [0.1, 0.15) is 47.4 Å². The van der Waals surface area contributed by atoms with Gasteiger partial charge in [0.15, 0.2) is 0 Å². The van der Waals surface area contributed by atoms with Crippen LogP contribution in [0.2, 0.25) is 0 Å². The van der Waals surface area contributed by atoms with Crippen molar-refractivity contribution in [3.05, 3.63) is 51.2 Å². The number of aryl methyl sites for hydroxylation is 2. The van der Waals surface area contributed by atoms with Crippen molar-refractivity contribution in [1.29, 1.82) is 0 Å². The fourth-order valence-corrected chi connectivity index (χ4v) is 5.10. The molecule has 1 aromatic carbocycles. The molecule has 2 heterocycles. The van der Waals surface area contributed by atoms with E-state index < -0.39 is 0 Å². The largest absolute Gasteiger partial charge is 0.491 e. The summed E-state index contributed by atoms with van der Waals surface area (Å²) in [4.78, 5) is 30.3. The van der Waals surface area contributed by atoms with Crippen LogP contribution in [-0.4, -0.2) is 47.9 Å². The molecule has 0 radical (unpaired) electrons. The van der Waals surface area contributed by atoms with E-state index in [0.717, 1.165) is 30.6 Å². The van der Waals surface area contributed by atoms with E-state index in [-0.39, 0.29) is 24.4 Å². The van der Waals surface area contributed by atoms with E-state index in [4.69, 9.17) is 4.74 Å². The highest BCUT2D eigenvalue weighted by atomic mass is 32.1. The first-order valence-corrected chi connectivity index (χ1v) is 11.6. The fraction of sp³-hybridized carbons (Fsp3) is 0.500. The van der Waals surface area contributed by atoms with Crippen molar-refractivity contribution in [1.82, 2.24) is 9.80 Å². The maximum absolute atomic E-state index is 13.3. The number of hydrogen-bond donors (Lipinski definition) is 0. The maximum atomic E-state index is 13.3. The van der Waals surface area contributed by atoms with Crippen LogP contribution in [0.25, 0.3) is 0 Å². The summed E-state index contributed by atoms with van der Waals surface area (Å²) in [7, 11) is 0. The molecule has 1 saturated carbocycles. The average molecular weight is 427 g/mol. The number of carbonyl (C=O) groups excluding carboxylic acids is 2. The number of amides is 2. The van der Waals surface area contributed by atoms with Crippen LogP contribution in [-0.2, 0) is 16.0 Å². The quantitative estimate of drug-likeness (QED) is 0.669. The molecule has 30 heavy (non-hydrogen) atoms. The van der Waals surface area contributed by atoms with Gasteiger partial charge in [-0.05, 0) is 67.7 Å². The molecule has 1 aromatic heterocycles. The Morgan fingerprint density at radius 1 is 1.23 bits per heavy atom. The lowest BCUT2D eigenvalue weighted by Crippen LogP contribution is -2.47. The molecule has 2 amide bonds. The minimum atomic E-state index is -0.122. The van der Waals surface area contributed by atoms with Crippen molar-refractivity contribution in [2.24, 2.45) is 5.92 Å². The van der Waals surface area contributed by atoms with Gasteiger partial charge in [-0.15, -0.1) is 11.3 Å². The van der Waals surface area contributed by atoms with E-state index >= 15 is 0 Å². The SMILES string of the molecule is CC(=O)N(CC(=O)N1CCc2sccc2C1COc1ccc(C)cc1C)CC1CC1. The Bertz CT molecular complexity index is 934. The van der Waals surface area contributed by atoms with E-state index in [1.54, 1.807) is 23.2 Å². The third-order valence-corrected chi connectivity index (χ3v) is 7.09. The highest BCUT2D eigenvalue weighted by Crippen LogP contribution is 2.35. The van der Waals surface area contributed by atoms with Crippen molar-refractivity contribution in [2.75, 3.05) is 26.2 Å². The Labute approximate surface area is 182 Å². The number of fused-ring (bicyclic) bond motifs is 1. The first-order chi connectivity index (χ1) is 14.4. The molecule has 1 unspecified atom stereocenters. The van der Waals surface area contributed by atoms with Gasteiger partial charge in [0.1, 0.15) is 12.4 Å². The van der Waals surface area contributed by atoms with Crippen molar-refractivity contribution in [3.63, 3.8) is 0 Å². The van der Waals surface area contributed by atoms with Gasteiger partial charge in [0.2, 0.25) is 11.8 Å². The number of carbonyl (C=O) groups is 2. The van der Waals surface area contributed by atoms with Gasteiger partial charge in [0.05, 0.1) is 12.6 Å². The third kappa shape index (κ3) is 4.69. The van der Waals surface area contributed by atoms with Gasteiger partial charge in [-0.3, -0.25) is 9.59 Å². The molecule has 160 valence electrons. The van der Waals surface area contributed by atoms with Crippen LogP contribution in [0.5, 0.6) is 5.75 Å². The number of hydrogen-bond acceptors (Lipinski definition) is 4. The zero-order valence-corrected chi connectivity index (χ0v) is 18.8. The van der Waals surface area contributed by atoms with Gasteiger partial charge in [-0.25, -0.2) is 0 Å². The second-order valence-electron chi connectivity index (χ2n) is 8.57. The van der Waals surface area contributed by atoms with Crippen molar-refractivity contribution < 1.29 is 14.3 Å². The molecule has 0 bridgehead atoms. The van der Waals surface area contributed by atoms with E-state index in [9.17, 15) is 9.59 Å². The molecule has 4 rings (SSSR count). The summed E-state index contributed by atoms with van der Waals surface area (Å²) < 4.78 is 6.20. The maximum Gasteiger partial charge on any atom is 0.242 e. The first kappa shape index (κ1) is 20.9. The molecular formula is C24H30N2O3S. The molecule has 1 aliphatic carbocycles. The average Bonchev–Trinajstić information content (AvgIpc) is 3.39. The van der Waals surface area contributed by atoms with Crippen LogP contribution in [0, 0.1) is 19.8 Å². The van der Waals surface area contributed by atoms with E-state index in [0.29, 0.717) is 25.6 Å². The van der Waals surface area contributed by atoms with Crippen LogP contribution in [0.15, 0.2) is 29.6 Å². The van der Waals surface area contributed by atoms with Gasteiger partial charge >= 0.3 is 0 Å². The number of nitrogens with zero attached hydrogens (tertiary/aromatic N) is 2. The Hall–Kier alpha value is -2.34. The zero-order chi connectivity index (χ0) is 21.3. The lowest BCUT2D eigenvalue weighted by Gasteiger charge is -2.37. The van der Waals surface area contributed by atoms with Gasteiger partial charge in [0, 0.05) is 24.9 Å². The number of thiophene rings is 1. The molecular weight excluding hydrogens is 396 g/mol. The minimum absolute atomic E-state index is 0.0110. The summed E-state index contributed by atoms with van der Waals surface area (Å²) in [6, 6.07) is 8.15. The highest BCUT2D eigenvalue weighted by molar-refractivity contribution is 7.10. The monoisotopic (exact) mass is 426 g/mol. The lowest BCUT2D eigenvalue weighted by atomic mass is 10.00. The fourth-order valence-electron chi connectivity index (χ4n) is 4.18. The summed E-state index contributed by atoms with van der Waals surface area (Å²) in [5, 5.41) is 2.09. The van der Waals surface area contributed by atoms with Gasteiger partial charge < -0.3 is 14.5 Å². The smallest absolute Gasteiger partial charge is 0.242 e. The Balaban J connectivity index is 1.50. The zero-order valence-electron chi connectivity index (χ0n) is 18.0. The van der Waals surface area contributed by atoms with E-state index in [1.807, 2.05) is 24.0 Å². The summed E-state index contributed by atoms with van der Waals surface area (Å²) >= 11 is 1.75. The molecule has 0 N–H and O–H groups in total. The first-order valence-electron chi connectivity index (χ1n) is 10.7. The van der Waals surface area contributed by atoms with Crippen LogP contribution >= 0.6 is 11.3 Å². The summed E-state index contributed by atoms with van der Waals surface area (Å²) in [5.41, 5.74) is 3.48. The number of rotatable bonds is 7. The lowest BCUT2D eigenvalue weighted by molar-refractivity contribution is -0.142. The predicted molar refractivity (Wildman–Crippen MR) is 119 cm³/mol. The topological polar surface area (TPSA) is 49.9 Å². The molecule has 0 saturated heterocycles. The van der Waals surface area contributed by atoms with Gasteiger partial charge in [0.25, 0.3) is 0 Å². The molecule has 2 aliphatic rings. The molecule has 6 heteroatoms. The number of ether oxygens (including phenoxy) is 1. The van der Waals surface area contributed by atoms with E-state index in [2.05, 4.69) is 24.4 Å². The van der Waals surface area contributed by atoms with Gasteiger partial charge in [-0.2, -0.15) is 0 Å². The van der Waals surface area contributed by atoms with E-state index in [1.165, 1.54) is 16.0 Å². The summed E-state index contributed by atoms with van der Waals surface area (Å²) in [6.07, 6.45) is 3.18. The third-order valence-electron chi connectivity index (χ3n) is 6.09. The minimum Gasteiger partial charge on any atom is -0.491 e. The molecule has 1 aliphatic heterocycles. The summed E-state index contributed by atoms with van der Waals surface area (Å²) in [6.45, 7) is 7.62. The molecule has 5 nitrogen and oxygen atoms in total. The van der Waals surface area contributed by atoms with Crippen molar-refractivity contribution in [2.45, 2.75) is 46.1 Å². The molecule has 0 spiro atoms.